The summed E-state index contributed by atoms with van der Waals surface area (Å²) in [5, 5.41) is 3.59. The summed E-state index contributed by atoms with van der Waals surface area (Å²) in [7, 11) is 0. The van der Waals surface area contributed by atoms with Crippen LogP contribution in [0.3, 0.4) is 0 Å². The van der Waals surface area contributed by atoms with Gasteiger partial charge in [0.25, 0.3) is 0 Å². The summed E-state index contributed by atoms with van der Waals surface area (Å²) in [6, 6.07) is 31.4. The van der Waals surface area contributed by atoms with Crippen LogP contribution in [0.15, 0.2) is 91.0 Å². The van der Waals surface area contributed by atoms with Crippen LogP contribution in [-0.2, 0) is 9.53 Å². The zero-order chi connectivity index (χ0) is 19.4. The van der Waals surface area contributed by atoms with Gasteiger partial charge in [-0.15, -0.1) is 0 Å². The van der Waals surface area contributed by atoms with E-state index >= 15 is 0 Å². The van der Waals surface area contributed by atoms with Gasteiger partial charge in [-0.2, -0.15) is 0 Å². The molecule has 0 fully saturated rings. The maximum atomic E-state index is 13.1. The van der Waals surface area contributed by atoms with E-state index in [2.05, 4.69) is 79.5 Å². The molecule has 0 heterocycles. The summed E-state index contributed by atoms with van der Waals surface area (Å²) in [6.45, 7) is 3.46. The summed E-state index contributed by atoms with van der Waals surface area (Å²) in [4.78, 5) is 13.1. The SMILES string of the molecule is CCOC(=O)C(C)P(C)(c1ccccc1)(c1ccccc1)c1ccccc1. The van der Waals surface area contributed by atoms with Gasteiger partial charge >= 0.3 is 162 Å². The number of carbonyl (C=O) groups is 1. The number of hydrogen-bond donors (Lipinski definition) is 0. The first-order valence-electron chi connectivity index (χ1n) is 9.38. The fraction of sp³-hybridized carbons (Fsp3) is 0.208. The van der Waals surface area contributed by atoms with Crippen molar-refractivity contribution in [1.29, 1.82) is 0 Å². The van der Waals surface area contributed by atoms with Crippen molar-refractivity contribution in [3.63, 3.8) is 0 Å². The Kier molecular flexibility index (Phi) is 5.48. The van der Waals surface area contributed by atoms with Crippen molar-refractivity contribution in [3.8, 4) is 0 Å². The van der Waals surface area contributed by atoms with Crippen molar-refractivity contribution >= 4 is 28.5 Å². The zero-order valence-electron chi connectivity index (χ0n) is 16.2. The molecule has 3 aromatic rings. The van der Waals surface area contributed by atoms with Gasteiger partial charge in [-0.25, -0.2) is 0 Å². The average molecular weight is 378 g/mol. The Balaban J connectivity index is 2.45. The monoisotopic (exact) mass is 378 g/mol. The number of hydrogen-bond acceptors (Lipinski definition) is 2. The summed E-state index contributed by atoms with van der Waals surface area (Å²) in [6.07, 6.45) is 0. The fourth-order valence-electron chi connectivity index (χ4n) is 4.08. The van der Waals surface area contributed by atoms with Gasteiger partial charge in [-0.05, 0) is 0 Å². The van der Waals surface area contributed by atoms with Gasteiger partial charge in [-0.1, -0.05) is 0 Å². The molecular formula is C24H27O2P. The molecule has 0 radical (unpaired) electrons. The maximum absolute atomic E-state index is 13.1. The number of carbonyl (C=O) groups excluding carboxylic acids is 1. The quantitative estimate of drug-likeness (QED) is 0.477. The van der Waals surface area contributed by atoms with Gasteiger partial charge in [0, 0.05) is 0 Å². The molecule has 0 aliphatic heterocycles. The van der Waals surface area contributed by atoms with Crippen LogP contribution in [0.5, 0.6) is 0 Å². The number of rotatable bonds is 6. The molecule has 0 saturated carbocycles. The third kappa shape index (κ3) is 2.99. The van der Waals surface area contributed by atoms with Crippen molar-refractivity contribution < 1.29 is 9.53 Å². The van der Waals surface area contributed by atoms with Crippen LogP contribution in [-0.4, -0.2) is 24.9 Å². The Morgan fingerprint density at radius 1 is 0.778 bits per heavy atom. The van der Waals surface area contributed by atoms with E-state index in [4.69, 9.17) is 4.74 Å². The second kappa shape index (κ2) is 7.66. The Morgan fingerprint density at radius 3 is 1.41 bits per heavy atom. The molecule has 140 valence electrons. The molecule has 0 aromatic heterocycles. The standard InChI is InChI=1S/C24H27O2P/c1-4-26-24(25)20(2)27(3,21-14-8-5-9-15-21,22-16-10-6-11-17-22)23-18-12-7-13-19-23/h5-20H,4H2,1-3H3. The minimum absolute atomic E-state index is 0.144. The number of esters is 1. The Morgan fingerprint density at radius 2 is 1.11 bits per heavy atom. The zero-order valence-corrected chi connectivity index (χ0v) is 17.1. The van der Waals surface area contributed by atoms with Crippen LogP contribution < -0.4 is 15.9 Å². The topological polar surface area (TPSA) is 26.3 Å². The van der Waals surface area contributed by atoms with Crippen molar-refractivity contribution in [3.05, 3.63) is 91.0 Å². The number of ether oxygens (including phenoxy) is 1. The second-order valence-electron chi connectivity index (χ2n) is 7.09. The molecule has 2 nitrogen and oxygen atoms in total. The van der Waals surface area contributed by atoms with Crippen LogP contribution in [0.2, 0.25) is 0 Å². The molecule has 0 aliphatic carbocycles. The molecule has 0 spiro atoms. The fourth-order valence-corrected chi connectivity index (χ4v) is 9.74. The van der Waals surface area contributed by atoms with Crippen LogP contribution in [0, 0.1) is 0 Å². The van der Waals surface area contributed by atoms with E-state index < -0.39 is 6.60 Å². The first-order valence-corrected chi connectivity index (χ1v) is 12.1. The van der Waals surface area contributed by atoms with E-state index in [-0.39, 0.29) is 11.6 Å². The summed E-state index contributed by atoms with van der Waals surface area (Å²) in [5.41, 5.74) is -0.303. The molecule has 0 amide bonds. The summed E-state index contributed by atoms with van der Waals surface area (Å²) < 4.78 is 5.53. The van der Waals surface area contributed by atoms with E-state index in [9.17, 15) is 4.79 Å². The first-order chi connectivity index (χ1) is 13.0. The molecule has 0 bridgehead atoms. The molecule has 3 rings (SSSR count). The summed E-state index contributed by atoms with van der Waals surface area (Å²) >= 11 is 0. The van der Waals surface area contributed by atoms with Crippen LogP contribution in [0.25, 0.3) is 0 Å². The Labute approximate surface area is 162 Å². The van der Waals surface area contributed by atoms with E-state index in [1.54, 1.807) is 0 Å². The average Bonchev–Trinajstić information content (AvgIpc) is 2.75. The Hall–Kier alpha value is -2.44. The molecule has 1 atom stereocenters. The minimum atomic E-state index is -3.12. The van der Waals surface area contributed by atoms with Gasteiger partial charge in [-0.3, -0.25) is 0 Å². The van der Waals surface area contributed by atoms with Crippen LogP contribution in [0.1, 0.15) is 13.8 Å². The van der Waals surface area contributed by atoms with E-state index in [1.807, 2.05) is 32.0 Å². The van der Waals surface area contributed by atoms with Crippen molar-refractivity contribution in [2.75, 3.05) is 13.3 Å². The van der Waals surface area contributed by atoms with Crippen LogP contribution >= 0.6 is 6.60 Å². The van der Waals surface area contributed by atoms with Gasteiger partial charge < -0.3 is 0 Å². The van der Waals surface area contributed by atoms with Gasteiger partial charge in [0.15, 0.2) is 0 Å². The van der Waals surface area contributed by atoms with Gasteiger partial charge in [0.1, 0.15) is 0 Å². The molecular weight excluding hydrogens is 351 g/mol. The predicted octanol–water partition coefficient (Wildman–Crippen LogP) is 4.10. The van der Waals surface area contributed by atoms with E-state index in [0.29, 0.717) is 6.61 Å². The van der Waals surface area contributed by atoms with Crippen molar-refractivity contribution in [2.24, 2.45) is 0 Å². The molecule has 27 heavy (non-hydrogen) atoms. The van der Waals surface area contributed by atoms with Crippen molar-refractivity contribution in [1.82, 2.24) is 0 Å². The van der Waals surface area contributed by atoms with E-state index in [1.165, 1.54) is 15.9 Å². The Bertz CT molecular complexity index is 792. The van der Waals surface area contributed by atoms with Crippen LogP contribution in [0.4, 0.5) is 0 Å². The van der Waals surface area contributed by atoms with Crippen molar-refractivity contribution in [2.45, 2.75) is 19.5 Å². The molecule has 0 aliphatic rings. The summed E-state index contributed by atoms with van der Waals surface area (Å²) in [5.74, 6) is -0.144. The molecule has 3 heteroatoms. The first kappa shape index (κ1) is 19.3. The second-order valence-corrected chi connectivity index (χ2v) is 12.7. The number of benzene rings is 3. The molecule has 0 saturated heterocycles. The third-order valence-corrected chi connectivity index (χ3v) is 12.9. The van der Waals surface area contributed by atoms with Gasteiger partial charge in [0.2, 0.25) is 0 Å². The molecule has 3 aromatic carbocycles. The predicted molar refractivity (Wildman–Crippen MR) is 117 cm³/mol. The molecule has 1 unspecified atom stereocenters. The van der Waals surface area contributed by atoms with Gasteiger partial charge in [0.05, 0.1) is 0 Å². The molecule has 0 N–H and O–H groups in total. The third-order valence-electron chi connectivity index (χ3n) is 5.86. The van der Waals surface area contributed by atoms with E-state index in [0.717, 1.165) is 0 Å². The normalized spacial score (nSPS) is 14.0.